The maximum Gasteiger partial charge on any atom is 0.263 e. The zero-order valence-corrected chi connectivity index (χ0v) is 11.9. The van der Waals surface area contributed by atoms with Crippen LogP contribution in [0.15, 0.2) is 53.8 Å². The summed E-state index contributed by atoms with van der Waals surface area (Å²) in [5.41, 5.74) is 6.66. The van der Waals surface area contributed by atoms with Crippen molar-refractivity contribution in [2.75, 3.05) is 4.72 Å². The zero-order valence-electron chi connectivity index (χ0n) is 11.1. The van der Waals surface area contributed by atoms with Gasteiger partial charge in [0, 0.05) is 41.6 Å². The van der Waals surface area contributed by atoms with Gasteiger partial charge in [0.2, 0.25) is 0 Å². The number of rotatable bonds is 4. The number of fused-ring (bicyclic) bond motifs is 1. The summed E-state index contributed by atoms with van der Waals surface area (Å²) >= 11 is 0. The molecule has 7 heteroatoms. The number of aromatic nitrogens is 2. The van der Waals surface area contributed by atoms with E-state index in [2.05, 4.69) is 14.7 Å². The Labute approximate surface area is 122 Å². The molecule has 3 rings (SSSR count). The third-order valence-electron chi connectivity index (χ3n) is 3.17. The van der Waals surface area contributed by atoms with Gasteiger partial charge in [-0.05, 0) is 18.2 Å². The quantitative estimate of drug-likeness (QED) is 0.684. The van der Waals surface area contributed by atoms with Gasteiger partial charge in [-0.15, -0.1) is 0 Å². The molecule has 1 aromatic carbocycles. The number of anilines is 1. The number of hydrogen-bond acceptors (Lipinski definition) is 4. The standard InChI is InChI=1S/C14H14N4O2S/c15-7-11-6-12(9-17-11)21(19,20)18-14-3-1-2-10-8-16-5-4-13(10)14/h1-6,8-9,17-18H,7,15H2. The number of pyridine rings is 1. The highest BCUT2D eigenvalue weighted by Gasteiger charge is 2.17. The molecule has 0 fully saturated rings. The topological polar surface area (TPSA) is 101 Å². The maximum atomic E-state index is 12.4. The molecule has 0 spiro atoms. The molecule has 4 N–H and O–H groups in total. The van der Waals surface area contributed by atoms with Crippen LogP contribution in [-0.4, -0.2) is 18.4 Å². The fourth-order valence-corrected chi connectivity index (χ4v) is 3.20. The second-order valence-corrected chi connectivity index (χ2v) is 6.26. The van der Waals surface area contributed by atoms with Crippen molar-refractivity contribution in [2.24, 2.45) is 5.73 Å². The first-order chi connectivity index (χ1) is 10.1. The van der Waals surface area contributed by atoms with Crippen LogP contribution >= 0.6 is 0 Å². The van der Waals surface area contributed by atoms with Crippen molar-refractivity contribution in [3.63, 3.8) is 0 Å². The molecular formula is C14H14N4O2S. The Morgan fingerprint density at radius 3 is 2.90 bits per heavy atom. The molecular weight excluding hydrogens is 288 g/mol. The molecule has 0 radical (unpaired) electrons. The first kappa shape index (κ1) is 13.6. The predicted octanol–water partition coefficient (Wildman–Crippen LogP) is 1.82. The van der Waals surface area contributed by atoms with Crippen LogP contribution in [0.4, 0.5) is 5.69 Å². The van der Waals surface area contributed by atoms with Crippen LogP contribution in [0.5, 0.6) is 0 Å². The SMILES string of the molecule is NCc1cc(S(=O)(=O)Nc2cccc3cnccc23)c[nH]1. The Bertz CT molecular complexity index is 881. The van der Waals surface area contributed by atoms with Gasteiger partial charge in [-0.3, -0.25) is 9.71 Å². The van der Waals surface area contributed by atoms with E-state index in [1.165, 1.54) is 12.3 Å². The normalized spacial score (nSPS) is 11.7. The van der Waals surface area contributed by atoms with E-state index in [0.717, 1.165) is 10.8 Å². The van der Waals surface area contributed by atoms with Crippen molar-refractivity contribution < 1.29 is 8.42 Å². The van der Waals surface area contributed by atoms with Crippen molar-refractivity contribution in [1.82, 2.24) is 9.97 Å². The van der Waals surface area contributed by atoms with E-state index in [4.69, 9.17) is 5.73 Å². The summed E-state index contributed by atoms with van der Waals surface area (Å²) in [4.78, 5) is 7.02. The minimum atomic E-state index is -3.65. The van der Waals surface area contributed by atoms with Crippen LogP contribution < -0.4 is 10.5 Å². The van der Waals surface area contributed by atoms with Crippen molar-refractivity contribution in [3.05, 3.63) is 54.6 Å². The number of nitrogens with zero attached hydrogens (tertiary/aromatic N) is 1. The number of nitrogens with one attached hydrogen (secondary N) is 2. The Morgan fingerprint density at radius 1 is 1.29 bits per heavy atom. The van der Waals surface area contributed by atoms with Gasteiger partial charge >= 0.3 is 0 Å². The summed E-state index contributed by atoms with van der Waals surface area (Å²) in [5, 5.41) is 1.67. The Hall–Kier alpha value is -2.38. The van der Waals surface area contributed by atoms with Gasteiger partial charge in [0.15, 0.2) is 0 Å². The summed E-state index contributed by atoms with van der Waals surface area (Å²) in [6, 6.07) is 8.67. The van der Waals surface area contributed by atoms with E-state index >= 15 is 0 Å². The molecule has 0 saturated heterocycles. The lowest BCUT2D eigenvalue weighted by Gasteiger charge is -2.09. The first-order valence-corrected chi connectivity index (χ1v) is 7.81. The second kappa shape index (κ2) is 5.19. The van der Waals surface area contributed by atoms with Gasteiger partial charge in [0.25, 0.3) is 10.0 Å². The summed E-state index contributed by atoms with van der Waals surface area (Å²) in [7, 11) is -3.65. The Morgan fingerprint density at radius 2 is 2.14 bits per heavy atom. The third-order valence-corrected chi connectivity index (χ3v) is 4.52. The van der Waals surface area contributed by atoms with Crippen molar-refractivity contribution in [1.29, 1.82) is 0 Å². The molecule has 0 aliphatic carbocycles. The molecule has 0 aliphatic heterocycles. The van der Waals surface area contributed by atoms with E-state index < -0.39 is 10.0 Å². The van der Waals surface area contributed by atoms with E-state index in [1.807, 2.05) is 6.07 Å². The first-order valence-electron chi connectivity index (χ1n) is 6.33. The van der Waals surface area contributed by atoms with E-state index in [1.54, 1.807) is 30.6 Å². The summed E-state index contributed by atoms with van der Waals surface area (Å²) < 4.78 is 27.4. The predicted molar refractivity (Wildman–Crippen MR) is 81.2 cm³/mol. The van der Waals surface area contributed by atoms with Crippen molar-refractivity contribution in [2.45, 2.75) is 11.4 Å². The average Bonchev–Trinajstić information content (AvgIpc) is 2.97. The monoisotopic (exact) mass is 302 g/mol. The third kappa shape index (κ3) is 2.61. The number of H-pyrrole nitrogens is 1. The van der Waals surface area contributed by atoms with Crippen LogP contribution in [0.3, 0.4) is 0 Å². The lowest BCUT2D eigenvalue weighted by Crippen LogP contribution is -2.12. The maximum absolute atomic E-state index is 12.4. The number of nitrogens with two attached hydrogens (primary N) is 1. The lowest BCUT2D eigenvalue weighted by atomic mass is 10.1. The molecule has 2 aromatic heterocycles. The van der Waals surface area contributed by atoms with Gasteiger partial charge in [0.05, 0.1) is 5.69 Å². The van der Waals surface area contributed by atoms with E-state index in [9.17, 15) is 8.42 Å². The molecule has 0 unspecified atom stereocenters. The lowest BCUT2D eigenvalue weighted by molar-refractivity contribution is 0.601. The van der Waals surface area contributed by atoms with Crippen LogP contribution in [0.2, 0.25) is 0 Å². The second-order valence-electron chi connectivity index (χ2n) is 4.57. The van der Waals surface area contributed by atoms with Crippen LogP contribution in [-0.2, 0) is 16.6 Å². The van der Waals surface area contributed by atoms with E-state index in [-0.39, 0.29) is 11.4 Å². The zero-order chi connectivity index (χ0) is 14.9. The number of benzene rings is 1. The molecule has 0 aliphatic rings. The summed E-state index contributed by atoms with van der Waals surface area (Å²) in [6.45, 7) is 0.259. The van der Waals surface area contributed by atoms with Gasteiger partial charge in [-0.25, -0.2) is 8.42 Å². The van der Waals surface area contributed by atoms with Crippen LogP contribution in [0.1, 0.15) is 5.69 Å². The molecule has 0 saturated carbocycles. The molecule has 3 aromatic rings. The number of hydrogen-bond donors (Lipinski definition) is 3. The fraction of sp³-hybridized carbons (Fsp3) is 0.0714. The van der Waals surface area contributed by atoms with Gasteiger partial charge in [-0.2, -0.15) is 0 Å². The Kier molecular flexibility index (Phi) is 3.36. The highest BCUT2D eigenvalue weighted by molar-refractivity contribution is 7.92. The largest absolute Gasteiger partial charge is 0.363 e. The molecule has 0 atom stereocenters. The van der Waals surface area contributed by atoms with Gasteiger partial charge in [-0.1, -0.05) is 12.1 Å². The minimum absolute atomic E-state index is 0.161. The van der Waals surface area contributed by atoms with Gasteiger partial charge < -0.3 is 10.7 Å². The molecule has 21 heavy (non-hydrogen) atoms. The smallest absolute Gasteiger partial charge is 0.263 e. The van der Waals surface area contributed by atoms with Gasteiger partial charge in [0.1, 0.15) is 4.90 Å². The molecule has 108 valence electrons. The summed E-state index contributed by atoms with van der Waals surface area (Å²) in [6.07, 6.45) is 4.75. The van der Waals surface area contributed by atoms with Crippen LogP contribution in [0.25, 0.3) is 10.8 Å². The molecule has 2 heterocycles. The van der Waals surface area contributed by atoms with E-state index in [0.29, 0.717) is 11.4 Å². The van der Waals surface area contributed by atoms with Crippen molar-refractivity contribution in [3.8, 4) is 0 Å². The minimum Gasteiger partial charge on any atom is -0.363 e. The highest BCUT2D eigenvalue weighted by Crippen LogP contribution is 2.25. The number of aromatic amines is 1. The van der Waals surface area contributed by atoms with Crippen LogP contribution in [0, 0.1) is 0 Å². The van der Waals surface area contributed by atoms with Crippen molar-refractivity contribution >= 4 is 26.5 Å². The molecule has 0 bridgehead atoms. The average molecular weight is 302 g/mol. The highest BCUT2D eigenvalue weighted by atomic mass is 32.2. The molecule has 6 nitrogen and oxygen atoms in total. The number of sulfonamides is 1. The molecule has 0 amide bonds. The summed E-state index contributed by atoms with van der Waals surface area (Å²) in [5.74, 6) is 0. The fourth-order valence-electron chi connectivity index (χ4n) is 2.11. The Balaban J connectivity index is 2.01.